The van der Waals surface area contributed by atoms with Gasteiger partial charge in [0.05, 0.1) is 5.69 Å². The molecule has 0 amide bonds. The fraction of sp³-hybridized carbons (Fsp3) is 0.0625. The van der Waals surface area contributed by atoms with Crippen LogP contribution in [-0.2, 0) is 6.42 Å². The number of benzene rings is 2. The largest absolute Gasteiger partial charge is 0.508 e. The molecule has 0 spiro atoms. The van der Waals surface area contributed by atoms with E-state index < -0.39 is 0 Å². The van der Waals surface area contributed by atoms with E-state index >= 15 is 0 Å². The Labute approximate surface area is 128 Å². The summed E-state index contributed by atoms with van der Waals surface area (Å²) in [6.07, 6.45) is 0.946. The average Bonchev–Trinajstić information content (AvgIpc) is 2.99. The molecular weight excluding hydrogens is 334 g/mol. The summed E-state index contributed by atoms with van der Waals surface area (Å²) in [7, 11) is 0. The number of phenolic OH excluding ortho intramolecular Hbond substituents is 1. The highest BCUT2D eigenvalue weighted by molar-refractivity contribution is 9.10. The van der Waals surface area contributed by atoms with Gasteiger partial charge in [0.1, 0.15) is 10.8 Å². The predicted octanol–water partition coefficient (Wildman–Crippen LogP) is 4.85. The minimum Gasteiger partial charge on any atom is -0.508 e. The standard InChI is InChI=1S/C16H10BrNOS/c17-13-3-1-2-11-12(13)8-14-15(11)18-16(20-14)9-4-6-10(19)7-5-9/h1-7,19H,8H2. The van der Waals surface area contributed by atoms with Gasteiger partial charge in [0, 0.05) is 26.9 Å². The number of phenols is 1. The Balaban J connectivity index is 1.83. The first kappa shape index (κ1) is 12.1. The predicted molar refractivity (Wildman–Crippen MR) is 85.2 cm³/mol. The monoisotopic (exact) mass is 343 g/mol. The molecule has 0 saturated carbocycles. The summed E-state index contributed by atoms with van der Waals surface area (Å²) in [5, 5.41) is 10.4. The lowest BCUT2D eigenvalue weighted by molar-refractivity contribution is 0.475. The SMILES string of the molecule is Oc1ccc(-c2nc3c(s2)Cc2c(Br)cccc2-3)cc1. The number of aromatic nitrogens is 1. The minimum absolute atomic E-state index is 0.284. The van der Waals surface area contributed by atoms with E-state index in [1.165, 1.54) is 16.0 Å². The van der Waals surface area contributed by atoms with Crippen LogP contribution in [0.3, 0.4) is 0 Å². The van der Waals surface area contributed by atoms with Crippen LogP contribution < -0.4 is 0 Å². The third-order valence-electron chi connectivity index (χ3n) is 3.52. The van der Waals surface area contributed by atoms with Gasteiger partial charge in [-0.15, -0.1) is 11.3 Å². The maximum Gasteiger partial charge on any atom is 0.124 e. The molecule has 3 aromatic rings. The van der Waals surface area contributed by atoms with Gasteiger partial charge < -0.3 is 5.11 Å². The molecule has 1 N–H and O–H groups in total. The molecule has 0 radical (unpaired) electrons. The molecular formula is C16H10BrNOS. The second kappa shape index (κ2) is 4.43. The van der Waals surface area contributed by atoms with Gasteiger partial charge in [-0.05, 0) is 35.9 Å². The molecule has 0 saturated heterocycles. The van der Waals surface area contributed by atoms with Crippen LogP contribution >= 0.6 is 27.3 Å². The molecule has 1 aromatic heterocycles. The van der Waals surface area contributed by atoms with E-state index in [-0.39, 0.29) is 5.75 Å². The number of hydrogen-bond donors (Lipinski definition) is 1. The zero-order valence-corrected chi connectivity index (χ0v) is 12.8. The lowest BCUT2D eigenvalue weighted by Crippen LogP contribution is -1.83. The van der Waals surface area contributed by atoms with Crippen LogP contribution in [0.1, 0.15) is 10.4 Å². The van der Waals surface area contributed by atoms with Crippen LogP contribution in [0.15, 0.2) is 46.9 Å². The first-order valence-corrected chi connectivity index (χ1v) is 7.90. The van der Waals surface area contributed by atoms with Crippen molar-refractivity contribution in [2.75, 3.05) is 0 Å². The van der Waals surface area contributed by atoms with Crippen molar-refractivity contribution in [3.63, 3.8) is 0 Å². The van der Waals surface area contributed by atoms with E-state index in [1.807, 2.05) is 12.1 Å². The number of fused-ring (bicyclic) bond motifs is 3. The van der Waals surface area contributed by atoms with Gasteiger partial charge in [-0.3, -0.25) is 0 Å². The quantitative estimate of drug-likeness (QED) is 0.535. The van der Waals surface area contributed by atoms with E-state index in [4.69, 9.17) is 4.98 Å². The average molecular weight is 344 g/mol. The van der Waals surface area contributed by atoms with Crippen LogP contribution in [0, 0.1) is 0 Å². The fourth-order valence-electron chi connectivity index (χ4n) is 2.53. The number of halogens is 1. The van der Waals surface area contributed by atoms with Crippen molar-refractivity contribution in [1.29, 1.82) is 0 Å². The number of nitrogens with zero attached hydrogens (tertiary/aromatic N) is 1. The third kappa shape index (κ3) is 1.79. The van der Waals surface area contributed by atoms with E-state index in [9.17, 15) is 5.11 Å². The Hall–Kier alpha value is -1.65. The van der Waals surface area contributed by atoms with Crippen molar-refractivity contribution < 1.29 is 5.11 Å². The van der Waals surface area contributed by atoms with Crippen LogP contribution in [0.25, 0.3) is 21.8 Å². The van der Waals surface area contributed by atoms with E-state index in [1.54, 1.807) is 23.5 Å². The van der Waals surface area contributed by atoms with E-state index in [2.05, 4.69) is 34.1 Å². The molecule has 0 fully saturated rings. The van der Waals surface area contributed by atoms with Gasteiger partial charge in [-0.25, -0.2) is 4.98 Å². The van der Waals surface area contributed by atoms with Crippen molar-refractivity contribution in [3.05, 3.63) is 57.4 Å². The summed E-state index contributed by atoms with van der Waals surface area (Å²) in [5.74, 6) is 0.284. The van der Waals surface area contributed by atoms with E-state index in [0.29, 0.717) is 0 Å². The molecule has 4 rings (SSSR count). The molecule has 4 heteroatoms. The van der Waals surface area contributed by atoms with Crippen molar-refractivity contribution in [3.8, 4) is 27.6 Å². The smallest absolute Gasteiger partial charge is 0.124 e. The summed E-state index contributed by atoms with van der Waals surface area (Å²) < 4.78 is 1.16. The number of aromatic hydroxyl groups is 1. The summed E-state index contributed by atoms with van der Waals surface area (Å²) in [6, 6.07) is 13.5. The van der Waals surface area contributed by atoms with Crippen LogP contribution in [-0.4, -0.2) is 10.1 Å². The van der Waals surface area contributed by atoms with Gasteiger partial charge in [0.25, 0.3) is 0 Å². The first-order chi connectivity index (χ1) is 9.72. The highest BCUT2D eigenvalue weighted by Crippen LogP contribution is 2.44. The van der Waals surface area contributed by atoms with Crippen molar-refractivity contribution in [1.82, 2.24) is 4.98 Å². The Morgan fingerprint density at radius 3 is 2.70 bits per heavy atom. The highest BCUT2D eigenvalue weighted by Gasteiger charge is 2.25. The molecule has 0 unspecified atom stereocenters. The molecule has 1 aliphatic rings. The zero-order chi connectivity index (χ0) is 13.7. The second-order valence-electron chi connectivity index (χ2n) is 4.78. The molecule has 2 nitrogen and oxygen atoms in total. The van der Waals surface area contributed by atoms with Gasteiger partial charge in [-0.2, -0.15) is 0 Å². The molecule has 98 valence electrons. The molecule has 1 aliphatic carbocycles. The highest BCUT2D eigenvalue weighted by atomic mass is 79.9. The van der Waals surface area contributed by atoms with Gasteiger partial charge in [0.2, 0.25) is 0 Å². The summed E-state index contributed by atoms with van der Waals surface area (Å²) in [4.78, 5) is 6.10. The summed E-state index contributed by atoms with van der Waals surface area (Å²) in [5.41, 5.74) is 4.72. The number of rotatable bonds is 1. The minimum atomic E-state index is 0.284. The molecule has 0 bridgehead atoms. The van der Waals surface area contributed by atoms with Crippen LogP contribution in [0.4, 0.5) is 0 Å². The maximum absolute atomic E-state index is 9.36. The molecule has 20 heavy (non-hydrogen) atoms. The Morgan fingerprint density at radius 1 is 1.10 bits per heavy atom. The maximum atomic E-state index is 9.36. The summed E-state index contributed by atoms with van der Waals surface area (Å²) in [6.45, 7) is 0. The Kier molecular flexibility index (Phi) is 2.69. The third-order valence-corrected chi connectivity index (χ3v) is 5.37. The lowest BCUT2D eigenvalue weighted by Gasteiger charge is -2.02. The van der Waals surface area contributed by atoms with Crippen molar-refractivity contribution in [2.45, 2.75) is 6.42 Å². The van der Waals surface area contributed by atoms with Gasteiger partial charge >= 0.3 is 0 Å². The normalized spacial score (nSPS) is 12.2. The van der Waals surface area contributed by atoms with Gasteiger partial charge in [-0.1, -0.05) is 28.1 Å². The summed E-state index contributed by atoms with van der Waals surface area (Å²) >= 11 is 5.34. The lowest BCUT2D eigenvalue weighted by atomic mass is 10.1. The van der Waals surface area contributed by atoms with Crippen LogP contribution in [0.2, 0.25) is 0 Å². The first-order valence-electron chi connectivity index (χ1n) is 6.29. The molecule has 0 aliphatic heterocycles. The van der Waals surface area contributed by atoms with Crippen LogP contribution in [0.5, 0.6) is 5.75 Å². The number of hydrogen-bond acceptors (Lipinski definition) is 3. The molecule has 1 heterocycles. The van der Waals surface area contributed by atoms with Crippen molar-refractivity contribution >= 4 is 27.3 Å². The fourth-order valence-corrected chi connectivity index (χ4v) is 4.13. The number of thiazole rings is 1. The van der Waals surface area contributed by atoms with Crippen molar-refractivity contribution in [2.24, 2.45) is 0 Å². The van der Waals surface area contributed by atoms with E-state index in [0.717, 1.165) is 27.2 Å². The molecule has 2 aromatic carbocycles. The molecule has 0 atom stereocenters. The second-order valence-corrected chi connectivity index (χ2v) is 6.72. The topological polar surface area (TPSA) is 33.1 Å². The zero-order valence-electron chi connectivity index (χ0n) is 10.4. The van der Waals surface area contributed by atoms with Gasteiger partial charge in [0.15, 0.2) is 0 Å². The Morgan fingerprint density at radius 2 is 1.90 bits per heavy atom. The Bertz CT molecular complexity index is 808.